The third kappa shape index (κ3) is 7.74. The number of carbonyl (C=O) groups excluding carboxylic acids is 1. The van der Waals surface area contributed by atoms with Crippen molar-refractivity contribution < 1.29 is 4.79 Å². The van der Waals surface area contributed by atoms with E-state index in [1.54, 1.807) is 4.90 Å². The van der Waals surface area contributed by atoms with Crippen LogP contribution >= 0.6 is 12.2 Å². The Bertz CT molecular complexity index is 341. The van der Waals surface area contributed by atoms with Crippen molar-refractivity contribution in [1.82, 2.24) is 14.7 Å². The smallest absolute Gasteiger partial charge is 0.223 e. The predicted molar refractivity (Wildman–Crippen MR) is 91.4 cm³/mol. The second kappa shape index (κ2) is 9.33. The van der Waals surface area contributed by atoms with Gasteiger partial charge in [-0.1, -0.05) is 12.2 Å². The lowest BCUT2D eigenvalue weighted by molar-refractivity contribution is -0.130. The molecule has 0 aromatic heterocycles. The van der Waals surface area contributed by atoms with E-state index >= 15 is 0 Å². The van der Waals surface area contributed by atoms with E-state index in [1.165, 1.54) is 19.4 Å². The first-order chi connectivity index (χ1) is 9.88. The Balaban J connectivity index is 2.18. The summed E-state index contributed by atoms with van der Waals surface area (Å²) in [5, 5.41) is 0. The molecule has 0 aromatic rings. The number of amides is 1. The van der Waals surface area contributed by atoms with Gasteiger partial charge in [0.05, 0.1) is 4.99 Å². The van der Waals surface area contributed by atoms with Crippen LogP contribution in [0.4, 0.5) is 0 Å². The molecule has 0 saturated carbocycles. The fraction of sp³-hybridized carbons (Fsp3) is 0.867. The van der Waals surface area contributed by atoms with Gasteiger partial charge in [0.1, 0.15) is 0 Å². The molecule has 1 rings (SSSR count). The molecule has 0 unspecified atom stereocenters. The van der Waals surface area contributed by atoms with Crippen LogP contribution < -0.4 is 5.73 Å². The molecule has 0 radical (unpaired) electrons. The Labute approximate surface area is 134 Å². The molecule has 0 bridgehead atoms. The Hall–Kier alpha value is -0.720. The highest BCUT2D eigenvalue weighted by atomic mass is 32.1. The first-order valence-corrected chi connectivity index (χ1v) is 8.18. The maximum absolute atomic E-state index is 12.0. The lowest BCUT2D eigenvalue weighted by Crippen LogP contribution is -2.39. The molecule has 1 fully saturated rings. The number of thiocarbonyl (C=S) groups is 1. The number of carbonyl (C=O) groups is 1. The van der Waals surface area contributed by atoms with Gasteiger partial charge >= 0.3 is 0 Å². The first kappa shape index (κ1) is 18.3. The molecule has 2 N–H and O–H groups in total. The van der Waals surface area contributed by atoms with E-state index in [2.05, 4.69) is 23.9 Å². The predicted octanol–water partition coefficient (Wildman–Crippen LogP) is 0.785. The molecule has 0 spiro atoms. The molecule has 122 valence electrons. The van der Waals surface area contributed by atoms with Crippen LogP contribution in [0.3, 0.4) is 0 Å². The fourth-order valence-electron chi connectivity index (χ4n) is 2.76. The number of piperidine rings is 1. The van der Waals surface area contributed by atoms with Gasteiger partial charge in [-0.2, -0.15) is 0 Å². The second-order valence-corrected chi connectivity index (χ2v) is 6.85. The third-order valence-electron chi connectivity index (χ3n) is 4.09. The Morgan fingerprint density at radius 3 is 2.38 bits per heavy atom. The zero-order valence-corrected chi connectivity index (χ0v) is 14.5. The van der Waals surface area contributed by atoms with Crippen molar-refractivity contribution in [1.29, 1.82) is 0 Å². The summed E-state index contributed by atoms with van der Waals surface area (Å²) in [5.41, 5.74) is 5.46. The monoisotopic (exact) mass is 314 g/mol. The summed E-state index contributed by atoms with van der Waals surface area (Å²) in [7, 11) is 6.09. The standard InChI is InChI=1S/C15H30N4OS/c1-17(2)12-13-4-9-19(10-5-13)11-7-15(20)18(3)8-6-14(16)21/h13H,4-12H2,1-3H3,(H2,16,21). The molecule has 0 aromatic carbocycles. The molecule has 6 heteroatoms. The van der Waals surface area contributed by atoms with Crippen LogP contribution in [-0.4, -0.2) is 79.5 Å². The normalized spacial score (nSPS) is 17.1. The van der Waals surface area contributed by atoms with Gasteiger partial charge in [-0.25, -0.2) is 0 Å². The van der Waals surface area contributed by atoms with E-state index in [-0.39, 0.29) is 5.91 Å². The Kier molecular flexibility index (Phi) is 8.14. The minimum atomic E-state index is 0.182. The van der Waals surface area contributed by atoms with Crippen molar-refractivity contribution in [3.63, 3.8) is 0 Å². The number of likely N-dealkylation sites (tertiary alicyclic amines) is 1. The van der Waals surface area contributed by atoms with E-state index in [9.17, 15) is 4.79 Å². The molecule has 0 aliphatic carbocycles. The van der Waals surface area contributed by atoms with Crippen LogP contribution in [0.15, 0.2) is 0 Å². The highest BCUT2D eigenvalue weighted by Gasteiger charge is 2.20. The first-order valence-electron chi connectivity index (χ1n) is 7.78. The van der Waals surface area contributed by atoms with Gasteiger partial charge in [0.2, 0.25) is 5.91 Å². The average Bonchev–Trinajstić information content (AvgIpc) is 2.43. The van der Waals surface area contributed by atoms with Crippen LogP contribution in [-0.2, 0) is 4.79 Å². The van der Waals surface area contributed by atoms with E-state index < -0.39 is 0 Å². The summed E-state index contributed by atoms with van der Waals surface area (Å²) < 4.78 is 0. The van der Waals surface area contributed by atoms with E-state index in [1.807, 2.05) is 7.05 Å². The summed E-state index contributed by atoms with van der Waals surface area (Å²) in [4.78, 5) is 18.9. The largest absolute Gasteiger partial charge is 0.393 e. The highest BCUT2D eigenvalue weighted by Crippen LogP contribution is 2.17. The van der Waals surface area contributed by atoms with Gasteiger partial charge in [0.15, 0.2) is 0 Å². The van der Waals surface area contributed by atoms with Crippen LogP contribution in [0.1, 0.15) is 25.7 Å². The Morgan fingerprint density at radius 1 is 1.24 bits per heavy atom. The maximum Gasteiger partial charge on any atom is 0.223 e. The van der Waals surface area contributed by atoms with Gasteiger partial charge in [-0.3, -0.25) is 4.79 Å². The number of hydrogen-bond acceptors (Lipinski definition) is 4. The number of rotatable bonds is 8. The van der Waals surface area contributed by atoms with Crippen molar-refractivity contribution in [2.45, 2.75) is 25.7 Å². The molecule has 1 aliphatic rings. The van der Waals surface area contributed by atoms with Crippen molar-refractivity contribution in [3.05, 3.63) is 0 Å². The SMILES string of the molecule is CN(C)CC1CCN(CCC(=O)N(C)CCC(N)=S)CC1. The van der Waals surface area contributed by atoms with Crippen molar-refractivity contribution in [2.75, 3.05) is 53.9 Å². The minimum absolute atomic E-state index is 0.182. The average molecular weight is 314 g/mol. The van der Waals surface area contributed by atoms with Crippen molar-refractivity contribution >= 4 is 23.1 Å². The van der Waals surface area contributed by atoms with Crippen LogP contribution in [0, 0.1) is 5.92 Å². The third-order valence-corrected chi connectivity index (χ3v) is 4.30. The van der Waals surface area contributed by atoms with Crippen molar-refractivity contribution in [2.24, 2.45) is 11.7 Å². The molecule has 1 heterocycles. The molecular formula is C15H30N4OS. The quantitative estimate of drug-likeness (QED) is 0.671. The summed E-state index contributed by atoms with van der Waals surface area (Å²) in [6, 6.07) is 0. The maximum atomic E-state index is 12.0. The summed E-state index contributed by atoms with van der Waals surface area (Å²) >= 11 is 4.84. The van der Waals surface area contributed by atoms with Gasteiger partial charge in [-0.05, 0) is 45.9 Å². The minimum Gasteiger partial charge on any atom is -0.393 e. The molecular weight excluding hydrogens is 284 g/mol. The van der Waals surface area contributed by atoms with Gasteiger partial charge in [0, 0.05) is 39.5 Å². The lowest BCUT2D eigenvalue weighted by atomic mass is 9.96. The fourth-order valence-corrected chi connectivity index (χ4v) is 2.85. The summed E-state index contributed by atoms with van der Waals surface area (Å²) in [6.45, 7) is 4.89. The molecule has 0 atom stereocenters. The zero-order valence-electron chi connectivity index (χ0n) is 13.7. The van der Waals surface area contributed by atoms with E-state index in [0.717, 1.165) is 25.6 Å². The Morgan fingerprint density at radius 2 is 1.86 bits per heavy atom. The molecule has 1 saturated heterocycles. The lowest BCUT2D eigenvalue weighted by Gasteiger charge is -2.33. The molecule has 5 nitrogen and oxygen atoms in total. The van der Waals surface area contributed by atoms with Crippen LogP contribution in [0.2, 0.25) is 0 Å². The topological polar surface area (TPSA) is 52.8 Å². The second-order valence-electron chi connectivity index (χ2n) is 6.33. The van der Waals surface area contributed by atoms with Crippen LogP contribution in [0.25, 0.3) is 0 Å². The summed E-state index contributed by atoms with van der Waals surface area (Å²) in [5.74, 6) is 0.988. The van der Waals surface area contributed by atoms with Crippen LogP contribution in [0.5, 0.6) is 0 Å². The molecule has 1 amide bonds. The van der Waals surface area contributed by atoms with Gasteiger partial charge in [-0.15, -0.1) is 0 Å². The number of nitrogens with two attached hydrogens (primary N) is 1. The highest BCUT2D eigenvalue weighted by molar-refractivity contribution is 7.80. The van der Waals surface area contributed by atoms with E-state index in [0.29, 0.717) is 24.4 Å². The zero-order chi connectivity index (χ0) is 15.8. The summed E-state index contributed by atoms with van der Waals surface area (Å²) in [6.07, 6.45) is 3.67. The van der Waals surface area contributed by atoms with Gasteiger partial charge in [0.25, 0.3) is 0 Å². The number of hydrogen-bond donors (Lipinski definition) is 1. The molecule has 21 heavy (non-hydrogen) atoms. The van der Waals surface area contributed by atoms with Gasteiger partial charge < -0.3 is 20.4 Å². The van der Waals surface area contributed by atoms with Crippen molar-refractivity contribution in [3.8, 4) is 0 Å². The number of nitrogens with zero attached hydrogens (tertiary/aromatic N) is 3. The molecule has 1 aliphatic heterocycles. The van der Waals surface area contributed by atoms with E-state index in [4.69, 9.17) is 18.0 Å².